The fourth-order valence-corrected chi connectivity index (χ4v) is 4.40. The summed E-state index contributed by atoms with van der Waals surface area (Å²) < 4.78 is 2.07. The van der Waals surface area contributed by atoms with E-state index in [0.717, 1.165) is 83.0 Å². The van der Waals surface area contributed by atoms with Crippen molar-refractivity contribution in [1.82, 2.24) is 30.3 Å². The van der Waals surface area contributed by atoms with Crippen molar-refractivity contribution in [3.8, 4) is 0 Å². The lowest BCUT2D eigenvalue weighted by molar-refractivity contribution is -0.130. The molecule has 0 radical (unpaired) electrons. The fraction of sp³-hybridized carbons (Fsp3) is 0.636. The van der Waals surface area contributed by atoms with E-state index in [9.17, 15) is 4.79 Å². The molecule has 1 fully saturated rings. The molecule has 0 aromatic carbocycles. The predicted molar refractivity (Wildman–Crippen MR) is 125 cm³/mol. The van der Waals surface area contributed by atoms with E-state index < -0.39 is 0 Å². The third kappa shape index (κ3) is 7.97. The Balaban J connectivity index is 1.46. The van der Waals surface area contributed by atoms with Crippen LogP contribution in [0.5, 0.6) is 0 Å². The average molecular weight is 446 g/mol. The van der Waals surface area contributed by atoms with E-state index in [1.807, 2.05) is 4.90 Å². The second-order valence-electron chi connectivity index (χ2n) is 7.75. The van der Waals surface area contributed by atoms with Crippen LogP contribution in [-0.4, -0.2) is 64.3 Å². The van der Waals surface area contributed by atoms with Crippen LogP contribution in [0, 0.1) is 0 Å². The molecule has 3 rings (SSSR count). The number of nitrogens with zero attached hydrogens (tertiary/aromatic N) is 5. The number of hydrogen-bond donors (Lipinski definition) is 2. The van der Waals surface area contributed by atoms with Crippen LogP contribution in [0.4, 0.5) is 0 Å². The lowest BCUT2D eigenvalue weighted by atomic mass is 10.2. The summed E-state index contributed by atoms with van der Waals surface area (Å²) in [6.45, 7) is 6.86. The van der Waals surface area contributed by atoms with Gasteiger partial charge in [0.1, 0.15) is 12.2 Å². The van der Waals surface area contributed by atoms with Crippen molar-refractivity contribution in [2.45, 2.75) is 58.4 Å². The van der Waals surface area contributed by atoms with Gasteiger partial charge in [0.25, 0.3) is 0 Å². The van der Waals surface area contributed by atoms with Gasteiger partial charge >= 0.3 is 0 Å². The minimum absolute atomic E-state index is 0.301. The van der Waals surface area contributed by atoms with E-state index in [4.69, 9.17) is 4.99 Å². The molecule has 0 atom stereocenters. The molecule has 0 saturated carbocycles. The molecule has 1 saturated heterocycles. The smallest absolute Gasteiger partial charge is 0.222 e. The maximum Gasteiger partial charge on any atom is 0.222 e. The second kappa shape index (κ2) is 13.1. The normalized spacial score (nSPS) is 15.2. The number of rotatable bonds is 11. The number of aromatic nitrogens is 3. The minimum atomic E-state index is 0.301. The summed E-state index contributed by atoms with van der Waals surface area (Å²) in [5.41, 5.74) is 0. The number of likely N-dealkylation sites (tertiary alicyclic amines) is 1. The Kier molecular flexibility index (Phi) is 9.82. The molecule has 0 aliphatic carbocycles. The van der Waals surface area contributed by atoms with Gasteiger partial charge in [-0.1, -0.05) is 19.4 Å². The average Bonchev–Trinajstić information content (AvgIpc) is 3.41. The topological polar surface area (TPSA) is 87.4 Å². The molecule has 3 heterocycles. The monoisotopic (exact) mass is 445 g/mol. The van der Waals surface area contributed by atoms with Crippen LogP contribution in [0.1, 0.15) is 49.7 Å². The number of amides is 1. The standard InChI is InChI=1S/C22H35N7OS/c1-2-20-27-26-18-29(20)16-13-25-22(24-12-10-19-8-6-17-31-19)23-11-7-15-28-14-5-3-4-9-21(28)30/h6,8,17-18H,2-5,7,9-16H2,1H3,(H2,23,24,25). The number of aliphatic imine (C=N–C) groups is 1. The summed E-state index contributed by atoms with van der Waals surface area (Å²) in [5.74, 6) is 2.12. The lowest BCUT2D eigenvalue weighted by Gasteiger charge is -2.20. The van der Waals surface area contributed by atoms with Crippen molar-refractivity contribution in [2.75, 3.05) is 32.7 Å². The molecule has 2 aromatic heterocycles. The zero-order valence-electron chi connectivity index (χ0n) is 18.6. The number of aryl methyl sites for hydroxylation is 1. The molecule has 2 N–H and O–H groups in total. The number of guanidine groups is 1. The van der Waals surface area contributed by atoms with Gasteiger partial charge in [0.2, 0.25) is 5.91 Å². The van der Waals surface area contributed by atoms with E-state index in [1.165, 1.54) is 4.88 Å². The summed E-state index contributed by atoms with van der Waals surface area (Å²) in [5, 5.41) is 17.1. The summed E-state index contributed by atoms with van der Waals surface area (Å²) >= 11 is 1.78. The second-order valence-corrected chi connectivity index (χ2v) is 8.78. The molecular formula is C22H35N7OS. The van der Waals surface area contributed by atoms with Gasteiger partial charge < -0.3 is 20.1 Å². The summed E-state index contributed by atoms with van der Waals surface area (Å²) in [6.07, 6.45) is 8.52. The summed E-state index contributed by atoms with van der Waals surface area (Å²) in [6, 6.07) is 4.24. The van der Waals surface area contributed by atoms with Gasteiger partial charge in [-0.3, -0.25) is 9.79 Å². The Bertz CT molecular complexity index is 803. The lowest BCUT2D eigenvalue weighted by Crippen LogP contribution is -2.40. The van der Waals surface area contributed by atoms with Gasteiger partial charge in [-0.15, -0.1) is 21.5 Å². The van der Waals surface area contributed by atoms with E-state index in [0.29, 0.717) is 18.9 Å². The van der Waals surface area contributed by atoms with Crippen molar-refractivity contribution >= 4 is 23.2 Å². The van der Waals surface area contributed by atoms with Crippen molar-refractivity contribution in [3.63, 3.8) is 0 Å². The first-order chi connectivity index (χ1) is 15.3. The van der Waals surface area contributed by atoms with Crippen LogP contribution in [0.25, 0.3) is 0 Å². The quantitative estimate of drug-likeness (QED) is 0.315. The maximum atomic E-state index is 12.2. The van der Waals surface area contributed by atoms with Gasteiger partial charge in [0.15, 0.2) is 5.96 Å². The van der Waals surface area contributed by atoms with Crippen molar-refractivity contribution < 1.29 is 4.79 Å². The van der Waals surface area contributed by atoms with Crippen molar-refractivity contribution in [1.29, 1.82) is 0 Å². The highest BCUT2D eigenvalue weighted by atomic mass is 32.1. The molecule has 1 aliphatic heterocycles. The number of thiophene rings is 1. The van der Waals surface area contributed by atoms with E-state index in [-0.39, 0.29) is 0 Å². The van der Waals surface area contributed by atoms with Gasteiger partial charge in [0, 0.05) is 57.0 Å². The zero-order chi connectivity index (χ0) is 21.7. The third-order valence-corrected chi connectivity index (χ3v) is 6.36. The Morgan fingerprint density at radius 3 is 2.97 bits per heavy atom. The highest BCUT2D eigenvalue weighted by Crippen LogP contribution is 2.11. The van der Waals surface area contributed by atoms with E-state index in [1.54, 1.807) is 17.7 Å². The predicted octanol–water partition coefficient (Wildman–Crippen LogP) is 2.47. The molecule has 170 valence electrons. The van der Waals surface area contributed by atoms with E-state index >= 15 is 0 Å². The minimum Gasteiger partial charge on any atom is -0.356 e. The van der Waals surface area contributed by atoms with Crippen LogP contribution in [-0.2, 0) is 24.2 Å². The third-order valence-electron chi connectivity index (χ3n) is 5.43. The molecule has 8 nitrogen and oxygen atoms in total. The molecule has 1 amide bonds. The molecule has 0 unspecified atom stereocenters. The SMILES string of the molecule is CCc1nncn1CCNC(=NCCCN1CCCCCC1=O)NCCc1cccs1. The first-order valence-electron chi connectivity index (χ1n) is 11.4. The highest BCUT2D eigenvalue weighted by Gasteiger charge is 2.15. The molecular weight excluding hydrogens is 410 g/mol. The Morgan fingerprint density at radius 2 is 2.13 bits per heavy atom. The fourth-order valence-electron chi connectivity index (χ4n) is 3.69. The van der Waals surface area contributed by atoms with Crippen LogP contribution in [0.15, 0.2) is 28.8 Å². The van der Waals surface area contributed by atoms with Crippen molar-refractivity contribution in [2.24, 2.45) is 4.99 Å². The number of carbonyl (C=O) groups excluding carboxylic acids is 1. The number of carbonyl (C=O) groups is 1. The van der Waals surface area contributed by atoms with Gasteiger partial charge in [-0.25, -0.2) is 0 Å². The van der Waals surface area contributed by atoms with Gasteiger partial charge in [0.05, 0.1) is 0 Å². The van der Waals surface area contributed by atoms with Crippen molar-refractivity contribution in [3.05, 3.63) is 34.5 Å². The van der Waals surface area contributed by atoms with Gasteiger partial charge in [-0.2, -0.15) is 0 Å². The van der Waals surface area contributed by atoms with Crippen LogP contribution in [0.2, 0.25) is 0 Å². The molecule has 0 spiro atoms. The first kappa shape index (κ1) is 23.2. The molecule has 0 bridgehead atoms. The van der Waals surface area contributed by atoms with Gasteiger partial charge in [-0.05, 0) is 37.1 Å². The van der Waals surface area contributed by atoms with E-state index in [2.05, 4.69) is 49.8 Å². The molecule has 31 heavy (non-hydrogen) atoms. The number of hydrogen-bond acceptors (Lipinski definition) is 5. The molecule has 2 aromatic rings. The van der Waals surface area contributed by atoms with Crippen LogP contribution >= 0.6 is 11.3 Å². The maximum absolute atomic E-state index is 12.2. The number of nitrogens with one attached hydrogen (secondary N) is 2. The summed E-state index contributed by atoms with van der Waals surface area (Å²) in [4.78, 5) is 20.3. The zero-order valence-corrected chi connectivity index (χ0v) is 19.4. The Morgan fingerprint density at radius 1 is 1.23 bits per heavy atom. The largest absolute Gasteiger partial charge is 0.356 e. The summed E-state index contributed by atoms with van der Waals surface area (Å²) in [7, 11) is 0. The molecule has 9 heteroatoms. The highest BCUT2D eigenvalue weighted by molar-refractivity contribution is 7.09. The Hall–Kier alpha value is -2.42. The van der Waals surface area contributed by atoms with Crippen LogP contribution in [0.3, 0.4) is 0 Å². The Labute approximate surface area is 189 Å². The molecule has 1 aliphatic rings. The van der Waals surface area contributed by atoms with Crippen LogP contribution < -0.4 is 10.6 Å². The first-order valence-corrected chi connectivity index (χ1v) is 12.3.